The van der Waals surface area contributed by atoms with Gasteiger partial charge in [-0.25, -0.2) is 16.7 Å². The molecule has 0 radical (unpaired) electrons. The number of unbranched alkanes of at least 4 members (excludes halogenated alkanes) is 4. The van der Waals surface area contributed by atoms with E-state index in [1.165, 1.54) is 0 Å². The van der Waals surface area contributed by atoms with Crippen LogP contribution in [-0.2, 0) is 0 Å². The molecule has 19 heavy (non-hydrogen) atoms. The molecule has 0 aliphatic carbocycles. The molecule has 0 aromatic rings. The van der Waals surface area contributed by atoms with Crippen LogP contribution < -0.4 is 0 Å². The summed E-state index contributed by atoms with van der Waals surface area (Å²) in [6.45, 7) is -0.299. The first kappa shape index (κ1) is 19.1. The van der Waals surface area contributed by atoms with Crippen LogP contribution in [0.4, 0.5) is 21.1 Å². The molecule has 0 fully saturated rings. The van der Waals surface area contributed by atoms with E-state index in [1.807, 2.05) is 0 Å². The first-order valence-electron chi connectivity index (χ1n) is 7.22. The third-order valence-electron chi connectivity index (χ3n) is 3.13. The van der Waals surface area contributed by atoms with Crippen molar-refractivity contribution in [3.8, 4) is 0 Å². The van der Waals surface area contributed by atoms with E-state index in [4.69, 9.17) is 0 Å². The lowest BCUT2D eigenvalue weighted by Crippen LogP contribution is -2.13. The number of alkyl halides is 2. The van der Waals surface area contributed by atoms with Crippen LogP contribution >= 0.6 is 0 Å². The topological polar surface area (TPSA) is 0 Å². The first-order chi connectivity index (χ1) is 8.95. The smallest absolute Gasteiger partial charge is 0.251 e. The molecule has 0 N–H and O–H groups in total. The molecule has 0 saturated heterocycles. The Morgan fingerprint density at radius 3 is 2.21 bits per heavy atom. The van der Waals surface area contributed by atoms with Crippen LogP contribution in [0.25, 0.3) is 0 Å². The molecule has 0 aliphatic heterocycles. The van der Waals surface area contributed by atoms with Gasteiger partial charge in [-0.15, -0.1) is 0 Å². The number of hydrogen-bond donors (Lipinski definition) is 0. The highest BCUT2D eigenvalue weighted by Gasteiger charge is 2.35. The van der Waals surface area contributed by atoms with Crippen molar-refractivity contribution in [3.63, 3.8) is 0 Å². The van der Waals surface area contributed by atoms with Gasteiger partial charge >= 0.3 is 9.08 Å². The van der Waals surface area contributed by atoms with Crippen LogP contribution in [-0.4, -0.2) is 31.4 Å². The SMILES string of the molecule is FCCCCCCC(F)C[SiH2]CCCC[Si](F)(F)F. The fourth-order valence-corrected chi connectivity index (χ4v) is 4.38. The van der Waals surface area contributed by atoms with Crippen molar-refractivity contribution in [3.05, 3.63) is 0 Å². The lowest BCUT2D eigenvalue weighted by Gasteiger charge is -2.07. The Balaban J connectivity index is 3.22. The quantitative estimate of drug-likeness (QED) is 0.196. The fourth-order valence-electron chi connectivity index (χ4n) is 2.00. The van der Waals surface area contributed by atoms with E-state index in [0.29, 0.717) is 25.3 Å². The first-order valence-corrected chi connectivity index (χ1v) is 11.1. The normalized spacial score (nSPS) is 14.4. The lowest BCUT2D eigenvalue weighted by atomic mass is 10.1. The van der Waals surface area contributed by atoms with Gasteiger partial charge in [0.25, 0.3) is 0 Å². The monoisotopic (exact) mass is 320 g/mol. The molecule has 0 rings (SSSR count). The summed E-state index contributed by atoms with van der Waals surface area (Å²) in [5, 5.41) is 0. The minimum Gasteiger partial charge on any atom is -0.251 e. The Bertz CT molecular complexity index is 199. The van der Waals surface area contributed by atoms with E-state index in [2.05, 4.69) is 0 Å². The van der Waals surface area contributed by atoms with Crippen molar-refractivity contribution in [1.82, 2.24) is 0 Å². The van der Waals surface area contributed by atoms with Gasteiger partial charge < -0.3 is 0 Å². The summed E-state index contributed by atoms with van der Waals surface area (Å²) in [6, 6.07) is 0.842. The van der Waals surface area contributed by atoms with E-state index >= 15 is 0 Å². The Labute approximate surface area is 116 Å². The molecule has 0 aliphatic rings. The minimum absolute atomic E-state index is 0.239. The molecule has 1 atom stereocenters. The van der Waals surface area contributed by atoms with Crippen LogP contribution in [0.1, 0.15) is 44.9 Å². The van der Waals surface area contributed by atoms with Crippen molar-refractivity contribution < 1.29 is 21.1 Å². The summed E-state index contributed by atoms with van der Waals surface area (Å²) in [6.07, 6.45) is 3.67. The van der Waals surface area contributed by atoms with E-state index in [-0.39, 0.29) is 13.1 Å². The highest BCUT2D eigenvalue weighted by atomic mass is 28.5. The van der Waals surface area contributed by atoms with E-state index in [1.54, 1.807) is 0 Å². The molecule has 0 heterocycles. The second kappa shape index (κ2) is 11.9. The average Bonchev–Trinajstić information content (AvgIpc) is 2.32. The average molecular weight is 320 g/mol. The molecule has 0 spiro atoms. The van der Waals surface area contributed by atoms with Crippen molar-refractivity contribution in [2.45, 2.75) is 69.2 Å². The molecule has 116 valence electrons. The van der Waals surface area contributed by atoms with Gasteiger partial charge in [0.05, 0.1) is 12.8 Å². The number of rotatable bonds is 13. The maximum atomic E-state index is 13.4. The molecule has 0 nitrogen and oxygen atoms in total. The lowest BCUT2D eigenvalue weighted by molar-refractivity contribution is 0.327. The van der Waals surface area contributed by atoms with Crippen LogP contribution in [0.2, 0.25) is 18.1 Å². The summed E-state index contributed by atoms with van der Waals surface area (Å²) in [5.74, 6) is 0. The molecule has 0 aromatic heterocycles. The van der Waals surface area contributed by atoms with Crippen LogP contribution in [0.15, 0.2) is 0 Å². The molecule has 1 unspecified atom stereocenters. The van der Waals surface area contributed by atoms with E-state index in [0.717, 1.165) is 25.3 Å². The maximum absolute atomic E-state index is 13.4. The molecule has 0 bridgehead atoms. The van der Waals surface area contributed by atoms with Gasteiger partial charge in [-0.3, -0.25) is 4.39 Å². The van der Waals surface area contributed by atoms with Gasteiger partial charge in [0, 0.05) is 15.6 Å². The van der Waals surface area contributed by atoms with Crippen LogP contribution in [0, 0.1) is 0 Å². The zero-order valence-corrected chi connectivity index (χ0v) is 13.9. The summed E-state index contributed by atoms with van der Waals surface area (Å²) < 4.78 is 61.1. The van der Waals surface area contributed by atoms with Crippen LogP contribution in [0.3, 0.4) is 0 Å². The molecule has 0 aromatic carbocycles. The van der Waals surface area contributed by atoms with Crippen molar-refractivity contribution in [2.75, 3.05) is 6.67 Å². The van der Waals surface area contributed by atoms with Gasteiger partial charge in [-0.1, -0.05) is 31.7 Å². The van der Waals surface area contributed by atoms with E-state index < -0.39 is 30.8 Å². The number of hydrogen-bond acceptors (Lipinski definition) is 0. The maximum Gasteiger partial charge on any atom is 0.616 e. The Morgan fingerprint density at radius 2 is 1.58 bits per heavy atom. The van der Waals surface area contributed by atoms with Gasteiger partial charge in [-0.05, 0) is 25.3 Å². The van der Waals surface area contributed by atoms with Crippen molar-refractivity contribution in [1.29, 1.82) is 0 Å². The molecule has 0 amide bonds. The standard InChI is InChI=1S/C12H25F5Si2/c13-8-4-2-1-3-7-12(14)11-18-9-5-6-10-19(15,16)17/h12H,1-11,18H2. The van der Waals surface area contributed by atoms with E-state index in [9.17, 15) is 21.1 Å². The Hall–Kier alpha value is 0.0838. The fraction of sp³-hybridized carbons (Fsp3) is 1.00. The van der Waals surface area contributed by atoms with Crippen LogP contribution in [0.5, 0.6) is 0 Å². The molecular formula is C12H25F5Si2. The summed E-state index contributed by atoms with van der Waals surface area (Å²) in [7, 11) is -5.88. The summed E-state index contributed by atoms with van der Waals surface area (Å²) >= 11 is 0. The Kier molecular flexibility index (Phi) is 11.9. The van der Waals surface area contributed by atoms with Crippen molar-refractivity contribution >= 4 is 18.6 Å². The van der Waals surface area contributed by atoms with Crippen molar-refractivity contribution in [2.24, 2.45) is 0 Å². The van der Waals surface area contributed by atoms with Gasteiger partial charge in [-0.2, -0.15) is 0 Å². The van der Waals surface area contributed by atoms with Gasteiger partial charge in [0.15, 0.2) is 0 Å². The van der Waals surface area contributed by atoms with Gasteiger partial charge in [0.1, 0.15) is 0 Å². The highest BCUT2D eigenvalue weighted by Crippen LogP contribution is 2.19. The zero-order valence-electron chi connectivity index (χ0n) is 11.5. The highest BCUT2D eigenvalue weighted by molar-refractivity contribution is 6.58. The molecule has 0 saturated carbocycles. The predicted molar refractivity (Wildman–Crippen MR) is 75.2 cm³/mol. The zero-order chi connectivity index (χ0) is 14.6. The summed E-state index contributed by atoms with van der Waals surface area (Å²) in [4.78, 5) is 0. The molecular weight excluding hydrogens is 295 g/mol. The number of halogens is 5. The predicted octanol–water partition coefficient (Wildman–Crippen LogP) is 4.88. The Morgan fingerprint density at radius 1 is 0.895 bits per heavy atom. The minimum atomic E-state index is -5.35. The largest absolute Gasteiger partial charge is 0.616 e. The summed E-state index contributed by atoms with van der Waals surface area (Å²) in [5.41, 5.74) is 0. The second-order valence-corrected chi connectivity index (χ2v) is 8.78. The molecule has 7 heteroatoms. The third kappa shape index (κ3) is 16.0. The third-order valence-corrected chi connectivity index (χ3v) is 6.08. The second-order valence-electron chi connectivity index (χ2n) is 5.06. The van der Waals surface area contributed by atoms with Gasteiger partial charge in [0.2, 0.25) is 0 Å².